The van der Waals surface area contributed by atoms with Gasteiger partial charge in [-0.1, -0.05) is 17.7 Å². The number of rotatable bonds is 3. The molecule has 0 unspecified atom stereocenters. The van der Waals surface area contributed by atoms with Gasteiger partial charge in [-0.3, -0.25) is 4.31 Å². The van der Waals surface area contributed by atoms with Crippen LogP contribution in [0.1, 0.15) is 0 Å². The fourth-order valence-electron chi connectivity index (χ4n) is 1.45. The number of nitrogen functional groups attached to an aromatic ring is 1. The second kappa shape index (κ2) is 5.32. The van der Waals surface area contributed by atoms with E-state index >= 15 is 0 Å². The normalized spacial score (nSPS) is 11.5. The number of halogens is 2. The molecule has 0 fully saturated rings. The average Bonchev–Trinajstić information content (AvgIpc) is 2.69. The maximum absolute atomic E-state index is 12.4. The number of nitrogens with two attached hydrogens (primary N) is 1. The van der Waals surface area contributed by atoms with E-state index in [0.29, 0.717) is 20.2 Å². The van der Waals surface area contributed by atoms with Gasteiger partial charge in [0.25, 0.3) is 10.0 Å². The van der Waals surface area contributed by atoms with Gasteiger partial charge in [0.15, 0.2) is 0 Å². The summed E-state index contributed by atoms with van der Waals surface area (Å²) in [5.41, 5.74) is 6.66. The van der Waals surface area contributed by atoms with Gasteiger partial charge in [0.1, 0.15) is 4.21 Å². The van der Waals surface area contributed by atoms with Gasteiger partial charge in [-0.05, 0) is 40.2 Å². The third kappa shape index (κ3) is 2.89. The lowest BCUT2D eigenvalue weighted by Gasteiger charge is -2.18. The molecule has 2 rings (SSSR count). The van der Waals surface area contributed by atoms with E-state index in [4.69, 9.17) is 17.3 Å². The van der Waals surface area contributed by atoms with Gasteiger partial charge in [0, 0.05) is 12.7 Å². The monoisotopic (exact) mass is 380 g/mol. The zero-order valence-corrected chi connectivity index (χ0v) is 13.8. The van der Waals surface area contributed by atoms with Crippen LogP contribution >= 0.6 is 38.9 Å². The van der Waals surface area contributed by atoms with E-state index in [0.717, 1.165) is 11.3 Å². The van der Waals surface area contributed by atoms with Crippen molar-refractivity contribution in [3.63, 3.8) is 0 Å². The number of hydrogen-bond donors (Lipinski definition) is 1. The number of thiophene rings is 1. The van der Waals surface area contributed by atoms with Crippen LogP contribution in [-0.2, 0) is 10.0 Å². The Labute approximate surface area is 129 Å². The molecular formula is C11H10BrClN2O2S2. The molecular weight excluding hydrogens is 372 g/mol. The SMILES string of the molecule is CN(c1cccc(N)c1)S(=O)(=O)c1cc(Cl)c(Br)s1. The maximum Gasteiger partial charge on any atom is 0.273 e. The molecule has 1 heterocycles. The molecule has 19 heavy (non-hydrogen) atoms. The molecule has 8 heteroatoms. The predicted octanol–water partition coefficient (Wildman–Crippen LogP) is 3.57. The predicted molar refractivity (Wildman–Crippen MR) is 83.5 cm³/mol. The van der Waals surface area contributed by atoms with Crippen molar-refractivity contribution in [2.45, 2.75) is 4.21 Å². The first-order chi connectivity index (χ1) is 8.82. The highest BCUT2D eigenvalue weighted by Crippen LogP contribution is 2.36. The fourth-order valence-corrected chi connectivity index (χ4v) is 5.21. The molecule has 2 N–H and O–H groups in total. The van der Waals surface area contributed by atoms with E-state index in [9.17, 15) is 8.42 Å². The molecule has 0 saturated heterocycles. The lowest BCUT2D eigenvalue weighted by Crippen LogP contribution is -2.25. The van der Waals surface area contributed by atoms with E-state index in [1.807, 2.05) is 0 Å². The van der Waals surface area contributed by atoms with Crippen LogP contribution in [0.15, 0.2) is 38.3 Å². The van der Waals surface area contributed by atoms with Crippen molar-refractivity contribution in [3.8, 4) is 0 Å². The summed E-state index contributed by atoms with van der Waals surface area (Å²) in [5.74, 6) is 0. The molecule has 0 aliphatic heterocycles. The van der Waals surface area contributed by atoms with Crippen molar-refractivity contribution >= 4 is 60.3 Å². The van der Waals surface area contributed by atoms with Crippen molar-refractivity contribution in [2.24, 2.45) is 0 Å². The Bertz CT molecular complexity index is 696. The lowest BCUT2D eigenvalue weighted by molar-refractivity contribution is 0.596. The third-order valence-electron chi connectivity index (χ3n) is 2.47. The molecule has 0 spiro atoms. The second-order valence-electron chi connectivity index (χ2n) is 3.75. The highest BCUT2D eigenvalue weighted by molar-refractivity contribution is 9.11. The lowest BCUT2D eigenvalue weighted by atomic mass is 10.3. The van der Waals surface area contributed by atoms with E-state index < -0.39 is 10.0 Å². The summed E-state index contributed by atoms with van der Waals surface area (Å²) in [5, 5.41) is 0.379. The highest BCUT2D eigenvalue weighted by atomic mass is 79.9. The first-order valence-electron chi connectivity index (χ1n) is 5.11. The topological polar surface area (TPSA) is 63.4 Å². The average molecular weight is 382 g/mol. The Kier molecular flexibility index (Phi) is 4.10. The van der Waals surface area contributed by atoms with Gasteiger partial charge >= 0.3 is 0 Å². The van der Waals surface area contributed by atoms with E-state index in [2.05, 4.69) is 15.9 Å². The molecule has 0 aliphatic rings. The van der Waals surface area contributed by atoms with Gasteiger partial charge < -0.3 is 5.73 Å². The minimum Gasteiger partial charge on any atom is -0.399 e. The standard InChI is InChI=1S/C11H10BrClN2O2S2/c1-15(8-4-2-3-7(14)5-8)19(16,17)10-6-9(13)11(12)18-10/h2-6H,14H2,1H3. The summed E-state index contributed by atoms with van der Waals surface area (Å²) in [6, 6.07) is 8.10. The van der Waals surface area contributed by atoms with Gasteiger partial charge in [-0.2, -0.15) is 0 Å². The molecule has 2 aromatic rings. The molecule has 1 aromatic heterocycles. The molecule has 0 bridgehead atoms. The molecule has 0 atom stereocenters. The Morgan fingerprint density at radius 1 is 1.37 bits per heavy atom. The molecule has 0 aliphatic carbocycles. The Morgan fingerprint density at radius 2 is 2.05 bits per heavy atom. The molecule has 102 valence electrons. The van der Waals surface area contributed by atoms with Crippen LogP contribution < -0.4 is 10.0 Å². The van der Waals surface area contributed by atoms with Crippen molar-refractivity contribution in [1.82, 2.24) is 0 Å². The van der Waals surface area contributed by atoms with Crippen LogP contribution in [0.5, 0.6) is 0 Å². The van der Waals surface area contributed by atoms with Crippen LogP contribution in [0.2, 0.25) is 5.02 Å². The Balaban J connectivity index is 2.45. The smallest absolute Gasteiger partial charge is 0.273 e. The summed E-state index contributed by atoms with van der Waals surface area (Å²) in [6.45, 7) is 0. The number of nitrogens with zero attached hydrogens (tertiary/aromatic N) is 1. The number of benzene rings is 1. The van der Waals surface area contributed by atoms with E-state index in [1.165, 1.54) is 17.4 Å². The summed E-state index contributed by atoms with van der Waals surface area (Å²) >= 11 is 10.2. The zero-order valence-electron chi connectivity index (χ0n) is 9.80. The molecule has 0 saturated carbocycles. The van der Waals surface area contributed by atoms with Crippen LogP contribution in [0.25, 0.3) is 0 Å². The zero-order chi connectivity index (χ0) is 14.2. The van der Waals surface area contributed by atoms with Gasteiger partial charge in [0.05, 0.1) is 14.5 Å². The van der Waals surface area contributed by atoms with Crippen molar-refractivity contribution < 1.29 is 8.42 Å². The fraction of sp³-hybridized carbons (Fsp3) is 0.0909. The Morgan fingerprint density at radius 3 is 2.58 bits per heavy atom. The number of sulfonamides is 1. The first kappa shape index (κ1) is 14.6. The molecule has 1 aromatic carbocycles. The van der Waals surface area contributed by atoms with Gasteiger partial charge in [0.2, 0.25) is 0 Å². The number of hydrogen-bond acceptors (Lipinski definition) is 4. The second-order valence-corrected chi connectivity index (χ2v) is 8.73. The number of anilines is 2. The van der Waals surface area contributed by atoms with Crippen LogP contribution in [0.3, 0.4) is 0 Å². The van der Waals surface area contributed by atoms with E-state index in [1.54, 1.807) is 24.3 Å². The minimum atomic E-state index is -3.63. The molecule has 0 radical (unpaired) electrons. The summed E-state index contributed by atoms with van der Waals surface area (Å²) < 4.78 is 26.8. The third-order valence-corrected chi connectivity index (χ3v) is 7.18. The van der Waals surface area contributed by atoms with Crippen molar-refractivity contribution in [3.05, 3.63) is 39.1 Å². The molecule has 0 amide bonds. The van der Waals surface area contributed by atoms with E-state index in [-0.39, 0.29) is 4.21 Å². The van der Waals surface area contributed by atoms with Crippen LogP contribution in [-0.4, -0.2) is 15.5 Å². The minimum absolute atomic E-state index is 0.175. The van der Waals surface area contributed by atoms with Gasteiger partial charge in [-0.15, -0.1) is 11.3 Å². The van der Waals surface area contributed by atoms with Crippen LogP contribution in [0.4, 0.5) is 11.4 Å². The van der Waals surface area contributed by atoms with Gasteiger partial charge in [-0.25, -0.2) is 8.42 Å². The molecule has 4 nitrogen and oxygen atoms in total. The summed E-state index contributed by atoms with van der Waals surface area (Å²) in [4.78, 5) is 0. The Hall–Kier alpha value is -0.760. The van der Waals surface area contributed by atoms with Crippen molar-refractivity contribution in [1.29, 1.82) is 0 Å². The largest absolute Gasteiger partial charge is 0.399 e. The maximum atomic E-state index is 12.4. The summed E-state index contributed by atoms with van der Waals surface area (Å²) in [6.07, 6.45) is 0. The van der Waals surface area contributed by atoms with Crippen molar-refractivity contribution in [2.75, 3.05) is 17.1 Å². The highest BCUT2D eigenvalue weighted by Gasteiger charge is 2.24. The first-order valence-corrected chi connectivity index (χ1v) is 8.54. The van der Waals surface area contributed by atoms with Crippen LogP contribution in [0, 0.1) is 0 Å². The quantitative estimate of drug-likeness (QED) is 0.827. The summed E-state index contributed by atoms with van der Waals surface area (Å²) in [7, 11) is -2.15.